The molecule has 0 aromatic rings. The monoisotopic (exact) mass is 420 g/mol. The predicted octanol–water partition coefficient (Wildman–Crippen LogP) is 4.60. The minimum absolute atomic E-state index is 0.320. The van der Waals surface area contributed by atoms with Crippen LogP contribution >= 0.6 is 0 Å². The summed E-state index contributed by atoms with van der Waals surface area (Å²) in [5, 5.41) is 0. The van der Waals surface area contributed by atoms with Crippen LogP contribution in [0.5, 0.6) is 0 Å². The van der Waals surface area contributed by atoms with Gasteiger partial charge >= 0.3 is 6.09 Å². The lowest BCUT2D eigenvalue weighted by Crippen LogP contribution is -2.52. The molecule has 164 valence electrons. The molecule has 1 fully saturated rings. The number of amidine groups is 1. The van der Waals surface area contributed by atoms with Gasteiger partial charge in [-0.25, -0.2) is 18.6 Å². The standard InChI is InChI=1S/C22H30F2N4O2/c1-7-8-19(24)10-9-18(15-17(2)23)20(26-16-25-6)27-11-13-28(14-12-27)21(29)30-22(3,4)5/h7-10,15-16H,1-2,11-14H2,3-6H3/b10-9-,18-15+,19-8+,25-16-,26-20+. The van der Waals surface area contributed by atoms with Crippen LogP contribution < -0.4 is 0 Å². The second-order valence-corrected chi connectivity index (χ2v) is 7.45. The van der Waals surface area contributed by atoms with Gasteiger partial charge in [-0.1, -0.05) is 19.2 Å². The van der Waals surface area contributed by atoms with Crippen LogP contribution in [-0.2, 0) is 4.74 Å². The zero-order valence-corrected chi connectivity index (χ0v) is 18.1. The topological polar surface area (TPSA) is 57.5 Å². The first kappa shape index (κ1) is 25.0. The number of aliphatic imine (C=N–C) groups is 2. The van der Waals surface area contributed by atoms with Crippen LogP contribution in [0.1, 0.15) is 20.8 Å². The van der Waals surface area contributed by atoms with Crippen LogP contribution in [0.3, 0.4) is 0 Å². The molecule has 1 aliphatic rings. The summed E-state index contributed by atoms with van der Waals surface area (Å²) in [6.45, 7) is 13.8. The number of rotatable bonds is 6. The van der Waals surface area contributed by atoms with Crippen molar-refractivity contribution >= 4 is 18.3 Å². The van der Waals surface area contributed by atoms with Gasteiger partial charge in [-0.3, -0.25) is 4.99 Å². The summed E-state index contributed by atoms with van der Waals surface area (Å²) < 4.78 is 32.8. The number of carbonyl (C=O) groups excluding carboxylic acids is 1. The molecule has 0 atom stereocenters. The van der Waals surface area contributed by atoms with Crippen molar-refractivity contribution in [2.24, 2.45) is 9.98 Å². The molecule has 0 aliphatic carbocycles. The molecule has 0 bridgehead atoms. The molecule has 1 amide bonds. The van der Waals surface area contributed by atoms with Gasteiger partial charge in [-0.2, -0.15) is 0 Å². The molecule has 8 heteroatoms. The Morgan fingerprint density at radius 2 is 1.70 bits per heavy atom. The first-order chi connectivity index (χ1) is 14.1. The number of piperazine rings is 1. The molecule has 1 saturated heterocycles. The smallest absolute Gasteiger partial charge is 0.410 e. The highest BCUT2D eigenvalue weighted by Gasteiger charge is 2.27. The summed E-state index contributed by atoms with van der Waals surface area (Å²) in [5.74, 6) is -0.846. The third kappa shape index (κ3) is 8.98. The van der Waals surface area contributed by atoms with Crippen molar-refractivity contribution in [3.63, 3.8) is 0 Å². The first-order valence-corrected chi connectivity index (χ1v) is 9.51. The molecular weight excluding hydrogens is 390 g/mol. The lowest BCUT2D eigenvalue weighted by molar-refractivity contribution is 0.0187. The summed E-state index contributed by atoms with van der Waals surface area (Å²) in [5.41, 5.74) is -0.260. The van der Waals surface area contributed by atoms with Gasteiger partial charge in [0.1, 0.15) is 29.4 Å². The average molecular weight is 421 g/mol. The number of allylic oxidation sites excluding steroid dienone is 6. The molecule has 30 heavy (non-hydrogen) atoms. The van der Waals surface area contributed by atoms with Crippen LogP contribution in [-0.4, -0.2) is 66.9 Å². The van der Waals surface area contributed by atoms with Crippen molar-refractivity contribution in [1.29, 1.82) is 0 Å². The number of hydrogen-bond acceptors (Lipinski definition) is 3. The fourth-order valence-electron chi connectivity index (χ4n) is 2.57. The molecule has 0 radical (unpaired) electrons. The summed E-state index contributed by atoms with van der Waals surface area (Å²) in [6.07, 6.45) is 7.19. The highest BCUT2D eigenvalue weighted by atomic mass is 19.1. The van der Waals surface area contributed by atoms with Crippen molar-refractivity contribution in [3.05, 3.63) is 60.8 Å². The fraction of sp³-hybridized carbons (Fsp3) is 0.409. The summed E-state index contributed by atoms with van der Waals surface area (Å²) in [6, 6.07) is 0. The van der Waals surface area contributed by atoms with Crippen LogP contribution in [0.4, 0.5) is 13.6 Å². The van der Waals surface area contributed by atoms with Gasteiger partial charge in [-0.15, -0.1) is 0 Å². The van der Waals surface area contributed by atoms with Crippen molar-refractivity contribution in [2.75, 3.05) is 33.2 Å². The average Bonchev–Trinajstić information content (AvgIpc) is 2.65. The molecule has 0 aromatic carbocycles. The van der Waals surface area contributed by atoms with Crippen LogP contribution in [0.2, 0.25) is 0 Å². The van der Waals surface area contributed by atoms with Gasteiger partial charge in [0.2, 0.25) is 0 Å². The van der Waals surface area contributed by atoms with E-state index >= 15 is 0 Å². The predicted molar refractivity (Wildman–Crippen MR) is 118 cm³/mol. The largest absolute Gasteiger partial charge is 0.444 e. The highest BCUT2D eigenvalue weighted by molar-refractivity contribution is 6.04. The quantitative estimate of drug-likeness (QED) is 0.358. The van der Waals surface area contributed by atoms with E-state index in [9.17, 15) is 13.6 Å². The number of amides is 1. The maximum Gasteiger partial charge on any atom is 0.410 e. The van der Waals surface area contributed by atoms with Gasteiger partial charge < -0.3 is 14.5 Å². The molecule has 6 nitrogen and oxygen atoms in total. The third-order valence-corrected chi connectivity index (χ3v) is 3.80. The Balaban J connectivity index is 3.08. The van der Waals surface area contributed by atoms with E-state index in [4.69, 9.17) is 4.74 Å². The highest BCUT2D eigenvalue weighted by Crippen LogP contribution is 2.16. The zero-order chi connectivity index (χ0) is 22.7. The van der Waals surface area contributed by atoms with Crippen molar-refractivity contribution in [2.45, 2.75) is 26.4 Å². The van der Waals surface area contributed by atoms with E-state index < -0.39 is 17.3 Å². The van der Waals surface area contributed by atoms with Crippen LogP contribution in [0.25, 0.3) is 0 Å². The van der Waals surface area contributed by atoms with Crippen molar-refractivity contribution in [1.82, 2.24) is 9.80 Å². The number of nitrogens with zero attached hydrogens (tertiary/aromatic N) is 4. The van der Waals surface area contributed by atoms with E-state index in [-0.39, 0.29) is 6.09 Å². The second kappa shape index (κ2) is 11.8. The van der Waals surface area contributed by atoms with Gasteiger partial charge in [0.25, 0.3) is 0 Å². The fourth-order valence-corrected chi connectivity index (χ4v) is 2.57. The Kier molecular flexibility index (Phi) is 9.88. The Labute approximate surface area is 177 Å². The second-order valence-electron chi connectivity index (χ2n) is 7.45. The number of halogens is 2. The summed E-state index contributed by atoms with van der Waals surface area (Å²) in [4.78, 5) is 23.9. The number of carbonyl (C=O) groups is 1. The molecular formula is C22H30F2N4O2. The SMILES string of the molecule is C=C\C=C(F)/C=C\C(=C/C(=C)F)C(=N/C=N\C)\N1CCN(C(=O)OC(C)(C)C)CC1. The van der Waals surface area contributed by atoms with E-state index in [1.54, 1.807) is 11.9 Å². The number of ether oxygens (including phenoxy) is 1. The van der Waals surface area contributed by atoms with E-state index in [0.717, 1.165) is 0 Å². The zero-order valence-electron chi connectivity index (χ0n) is 18.1. The molecule has 1 heterocycles. The lowest BCUT2D eigenvalue weighted by Gasteiger charge is -2.37. The van der Waals surface area contributed by atoms with Gasteiger partial charge in [0, 0.05) is 38.8 Å². The molecule has 0 N–H and O–H groups in total. The molecule has 1 rings (SSSR count). The first-order valence-electron chi connectivity index (χ1n) is 9.51. The van der Waals surface area contributed by atoms with E-state index in [1.165, 1.54) is 36.7 Å². The van der Waals surface area contributed by atoms with E-state index in [1.807, 2.05) is 25.7 Å². The van der Waals surface area contributed by atoms with Gasteiger partial charge in [0.05, 0.1) is 0 Å². The number of hydrogen-bond donors (Lipinski definition) is 0. The Morgan fingerprint density at radius 1 is 1.10 bits per heavy atom. The lowest BCUT2D eigenvalue weighted by atomic mass is 10.1. The molecule has 0 spiro atoms. The normalized spacial score (nSPS) is 17.1. The van der Waals surface area contributed by atoms with Crippen LogP contribution in [0.15, 0.2) is 70.7 Å². The summed E-state index contributed by atoms with van der Waals surface area (Å²) >= 11 is 0. The Bertz CT molecular complexity index is 781. The Hall–Kier alpha value is -3.03. The molecule has 0 saturated carbocycles. The third-order valence-electron chi connectivity index (χ3n) is 3.80. The molecule has 0 unspecified atom stereocenters. The summed E-state index contributed by atoms with van der Waals surface area (Å²) in [7, 11) is 1.56. The maximum absolute atomic E-state index is 13.8. The Morgan fingerprint density at radius 3 is 2.20 bits per heavy atom. The minimum Gasteiger partial charge on any atom is -0.444 e. The van der Waals surface area contributed by atoms with E-state index in [0.29, 0.717) is 37.6 Å². The van der Waals surface area contributed by atoms with Crippen molar-refractivity contribution in [3.8, 4) is 0 Å². The van der Waals surface area contributed by atoms with Crippen LogP contribution in [0, 0.1) is 0 Å². The van der Waals surface area contributed by atoms with E-state index in [2.05, 4.69) is 23.1 Å². The minimum atomic E-state index is -0.698. The van der Waals surface area contributed by atoms with Crippen molar-refractivity contribution < 1.29 is 18.3 Å². The van der Waals surface area contributed by atoms with Gasteiger partial charge in [0.15, 0.2) is 0 Å². The molecule has 1 aliphatic heterocycles. The maximum atomic E-state index is 13.8. The molecule has 0 aromatic heterocycles. The van der Waals surface area contributed by atoms with Gasteiger partial charge in [-0.05, 0) is 45.1 Å².